The Bertz CT molecular complexity index is 574. The van der Waals surface area contributed by atoms with Crippen LogP contribution in [-0.2, 0) is 9.84 Å². The quantitative estimate of drug-likeness (QED) is 0.923. The Hall–Kier alpha value is -0.880. The molecular formula is C12H13BrO4S. The molecule has 6 heteroatoms. The minimum Gasteiger partial charge on any atom is -0.478 e. The maximum absolute atomic E-state index is 12.4. The minimum atomic E-state index is -3.55. The average Bonchev–Trinajstić information content (AvgIpc) is 2.82. The Morgan fingerprint density at radius 3 is 2.44 bits per heavy atom. The Labute approximate surface area is 114 Å². The molecule has 0 bridgehead atoms. The van der Waals surface area contributed by atoms with Gasteiger partial charge in [-0.1, -0.05) is 28.8 Å². The predicted octanol–water partition coefficient (Wildman–Crippen LogP) is 2.86. The van der Waals surface area contributed by atoms with Gasteiger partial charge in [0.25, 0.3) is 0 Å². The highest BCUT2D eigenvalue weighted by Gasteiger charge is 2.33. The molecule has 0 spiro atoms. The molecule has 1 aromatic carbocycles. The van der Waals surface area contributed by atoms with Crippen molar-refractivity contribution in [3.05, 3.63) is 28.2 Å². The van der Waals surface area contributed by atoms with E-state index in [4.69, 9.17) is 5.11 Å². The van der Waals surface area contributed by atoms with Crippen molar-refractivity contribution < 1.29 is 18.3 Å². The fraction of sp³-hybridized carbons (Fsp3) is 0.417. The number of benzene rings is 1. The Morgan fingerprint density at radius 2 is 1.89 bits per heavy atom. The molecule has 1 aliphatic carbocycles. The molecule has 0 amide bonds. The third kappa shape index (κ3) is 2.44. The molecule has 0 radical (unpaired) electrons. The zero-order valence-corrected chi connectivity index (χ0v) is 12.0. The van der Waals surface area contributed by atoms with Crippen LogP contribution < -0.4 is 0 Å². The minimum absolute atomic E-state index is 0.0729. The molecule has 0 heterocycles. The first-order valence-corrected chi connectivity index (χ1v) is 8.03. The lowest BCUT2D eigenvalue weighted by Crippen LogP contribution is -2.20. The van der Waals surface area contributed by atoms with Crippen molar-refractivity contribution in [1.29, 1.82) is 0 Å². The molecule has 18 heavy (non-hydrogen) atoms. The van der Waals surface area contributed by atoms with Crippen LogP contribution in [0.25, 0.3) is 0 Å². The summed E-state index contributed by atoms with van der Waals surface area (Å²) >= 11 is 3.19. The van der Waals surface area contributed by atoms with Crippen molar-refractivity contribution in [2.45, 2.75) is 35.8 Å². The second kappa shape index (κ2) is 5.01. The maximum Gasteiger partial charge on any atom is 0.337 e. The Kier molecular flexibility index (Phi) is 3.77. The molecular weight excluding hydrogens is 320 g/mol. The molecule has 0 aliphatic heterocycles. The van der Waals surface area contributed by atoms with E-state index in [1.54, 1.807) is 0 Å². The summed E-state index contributed by atoms with van der Waals surface area (Å²) in [5, 5.41) is 8.64. The number of rotatable bonds is 3. The largest absolute Gasteiger partial charge is 0.478 e. The number of hydrogen-bond donors (Lipinski definition) is 1. The van der Waals surface area contributed by atoms with Crippen LogP contribution in [0.2, 0.25) is 0 Å². The van der Waals surface area contributed by atoms with E-state index in [-0.39, 0.29) is 10.5 Å². The van der Waals surface area contributed by atoms with Gasteiger partial charge in [-0.25, -0.2) is 13.2 Å². The molecule has 0 saturated heterocycles. The SMILES string of the molecule is O=C(O)c1ccc(Br)cc1S(=O)(=O)C1CCCC1. The summed E-state index contributed by atoms with van der Waals surface area (Å²) in [6.45, 7) is 0. The van der Waals surface area contributed by atoms with E-state index in [1.165, 1.54) is 18.2 Å². The van der Waals surface area contributed by atoms with Gasteiger partial charge in [0.15, 0.2) is 9.84 Å². The standard InChI is InChI=1S/C12H13BrO4S/c13-8-5-6-10(12(14)15)11(7-8)18(16,17)9-3-1-2-4-9/h5-7,9H,1-4H2,(H,14,15). The first kappa shape index (κ1) is 13.5. The highest BCUT2D eigenvalue weighted by molar-refractivity contribution is 9.10. The van der Waals surface area contributed by atoms with Gasteiger partial charge < -0.3 is 5.11 Å². The van der Waals surface area contributed by atoms with Crippen LogP contribution in [0.5, 0.6) is 0 Å². The lowest BCUT2D eigenvalue weighted by Gasteiger charge is -2.13. The summed E-state index contributed by atoms with van der Waals surface area (Å²) < 4.78 is 25.4. The van der Waals surface area contributed by atoms with Crippen LogP contribution in [0.3, 0.4) is 0 Å². The Balaban J connectivity index is 2.55. The van der Waals surface area contributed by atoms with Gasteiger partial charge in [0.1, 0.15) is 0 Å². The topological polar surface area (TPSA) is 71.4 Å². The van der Waals surface area contributed by atoms with Crippen molar-refractivity contribution in [3.8, 4) is 0 Å². The summed E-state index contributed by atoms with van der Waals surface area (Å²) in [5.41, 5.74) is -0.148. The number of carbonyl (C=O) groups is 1. The summed E-state index contributed by atoms with van der Waals surface area (Å²) in [7, 11) is -3.55. The number of aromatic carboxylic acids is 1. The van der Waals surface area contributed by atoms with Gasteiger partial charge in [0.05, 0.1) is 15.7 Å². The third-order valence-electron chi connectivity index (χ3n) is 3.22. The smallest absolute Gasteiger partial charge is 0.337 e. The first-order valence-electron chi connectivity index (χ1n) is 5.69. The van der Waals surface area contributed by atoms with Gasteiger partial charge in [0, 0.05) is 4.47 Å². The van der Waals surface area contributed by atoms with E-state index in [1.807, 2.05) is 0 Å². The zero-order chi connectivity index (χ0) is 13.3. The van der Waals surface area contributed by atoms with Gasteiger partial charge >= 0.3 is 5.97 Å². The van der Waals surface area contributed by atoms with E-state index in [0.717, 1.165) is 12.8 Å². The Morgan fingerprint density at radius 1 is 1.28 bits per heavy atom. The molecule has 1 aliphatic rings. The second-order valence-electron chi connectivity index (χ2n) is 4.40. The molecule has 0 atom stereocenters. The van der Waals surface area contributed by atoms with Crippen molar-refractivity contribution in [1.82, 2.24) is 0 Å². The van der Waals surface area contributed by atoms with Gasteiger partial charge in [-0.15, -0.1) is 0 Å². The number of carboxylic acids is 1. The molecule has 0 unspecified atom stereocenters. The summed E-state index contributed by atoms with van der Waals surface area (Å²) in [6.07, 6.45) is 3.02. The average molecular weight is 333 g/mol. The summed E-state index contributed by atoms with van der Waals surface area (Å²) in [4.78, 5) is 11.0. The van der Waals surface area contributed by atoms with Crippen LogP contribution in [0.15, 0.2) is 27.6 Å². The number of sulfone groups is 1. The van der Waals surface area contributed by atoms with Crippen molar-refractivity contribution in [2.24, 2.45) is 0 Å². The van der Waals surface area contributed by atoms with Crippen LogP contribution in [0.1, 0.15) is 36.0 Å². The van der Waals surface area contributed by atoms with Crippen molar-refractivity contribution >= 4 is 31.7 Å². The lowest BCUT2D eigenvalue weighted by atomic mass is 10.2. The fourth-order valence-corrected chi connectivity index (χ4v) is 4.87. The highest BCUT2D eigenvalue weighted by Crippen LogP contribution is 2.32. The van der Waals surface area contributed by atoms with E-state index in [2.05, 4.69) is 15.9 Å². The van der Waals surface area contributed by atoms with Crippen LogP contribution in [-0.4, -0.2) is 24.7 Å². The summed E-state index contributed by atoms with van der Waals surface area (Å²) in [5.74, 6) is -1.21. The molecule has 98 valence electrons. The van der Waals surface area contributed by atoms with Crippen molar-refractivity contribution in [2.75, 3.05) is 0 Å². The van der Waals surface area contributed by atoms with Gasteiger partial charge in [-0.05, 0) is 31.0 Å². The maximum atomic E-state index is 12.4. The number of halogens is 1. The normalized spacial score (nSPS) is 16.9. The number of hydrogen-bond acceptors (Lipinski definition) is 3. The second-order valence-corrected chi connectivity index (χ2v) is 7.51. The lowest BCUT2D eigenvalue weighted by molar-refractivity contribution is 0.0692. The third-order valence-corrected chi connectivity index (χ3v) is 6.01. The summed E-state index contributed by atoms with van der Waals surface area (Å²) in [6, 6.07) is 4.25. The number of carboxylic acid groups (broad SMARTS) is 1. The fourth-order valence-electron chi connectivity index (χ4n) is 2.29. The van der Waals surface area contributed by atoms with E-state index >= 15 is 0 Å². The van der Waals surface area contributed by atoms with Crippen LogP contribution >= 0.6 is 15.9 Å². The monoisotopic (exact) mass is 332 g/mol. The van der Waals surface area contributed by atoms with E-state index < -0.39 is 21.1 Å². The van der Waals surface area contributed by atoms with E-state index in [9.17, 15) is 13.2 Å². The predicted molar refractivity (Wildman–Crippen MR) is 70.5 cm³/mol. The highest BCUT2D eigenvalue weighted by atomic mass is 79.9. The molecule has 1 N–H and O–H groups in total. The van der Waals surface area contributed by atoms with Gasteiger partial charge in [-0.2, -0.15) is 0 Å². The molecule has 4 nitrogen and oxygen atoms in total. The molecule has 0 aromatic heterocycles. The van der Waals surface area contributed by atoms with Crippen LogP contribution in [0, 0.1) is 0 Å². The van der Waals surface area contributed by atoms with E-state index in [0.29, 0.717) is 17.3 Å². The molecule has 1 saturated carbocycles. The molecule has 2 rings (SSSR count). The van der Waals surface area contributed by atoms with Gasteiger partial charge in [0.2, 0.25) is 0 Å². The molecule has 1 fully saturated rings. The van der Waals surface area contributed by atoms with Gasteiger partial charge in [-0.3, -0.25) is 0 Å². The first-order chi connectivity index (χ1) is 8.43. The molecule has 1 aromatic rings. The zero-order valence-electron chi connectivity index (χ0n) is 9.60. The van der Waals surface area contributed by atoms with Crippen molar-refractivity contribution in [3.63, 3.8) is 0 Å². The van der Waals surface area contributed by atoms with Crippen LogP contribution in [0.4, 0.5) is 0 Å².